The van der Waals surface area contributed by atoms with Gasteiger partial charge in [-0.1, -0.05) is 74.9 Å². The SMILES string of the molecule is C=CCOCc1ccc(CCC2CCC(CC[C@H]3CC[C@H](C=C)CC3)CC2)cc1. The first-order valence-corrected chi connectivity index (χ1v) is 12.2. The van der Waals surface area contributed by atoms with Crippen molar-refractivity contribution in [2.75, 3.05) is 6.61 Å². The lowest BCUT2D eigenvalue weighted by atomic mass is 9.75. The summed E-state index contributed by atoms with van der Waals surface area (Å²) in [5.74, 6) is 3.78. The van der Waals surface area contributed by atoms with E-state index in [1.807, 2.05) is 0 Å². The third-order valence-electron chi connectivity index (χ3n) is 7.54. The molecule has 0 radical (unpaired) electrons. The van der Waals surface area contributed by atoms with E-state index < -0.39 is 0 Å². The van der Waals surface area contributed by atoms with Gasteiger partial charge in [-0.15, -0.1) is 13.2 Å². The monoisotopic (exact) mass is 394 g/mol. The van der Waals surface area contributed by atoms with Gasteiger partial charge in [0, 0.05) is 0 Å². The maximum absolute atomic E-state index is 5.52. The number of benzene rings is 1. The summed E-state index contributed by atoms with van der Waals surface area (Å²) in [7, 11) is 0. The lowest BCUT2D eigenvalue weighted by molar-refractivity contribution is 0.149. The van der Waals surface area contributed by atoms with Crippen LogP contribution in [-0.4, -0.2) is 6.61 Å². The van der Waals surface area contributed by atoms with Crippen molar-refractivity contribution in [2.24, 2.45) is 23.7 Å². The van der Waals surface area contributed by atoms with Gasteiger partial charge >= 0.3 is 0 Å². The molecule has 1 aromatic rings. The Balaban J connectivity index is 1.28. The molecule has 3 rings (SSSR count). The fourth-order valence-electron chi connectivity index (χ4n) is 5.43. The quantitative estimate of drug-likeness (QED) is 0.274. The van der Waals surface area contributed by atoms with E-state index in [4.69, 9.17) is 4.74 Å². The smallest absolute Gasteiger partial charge is 0.0721 e. The van der Waals surface area contributed by atoms with E-state index in [0.717, 1.165) is 23.7 Å². The first-order chi connectivity index (χ1) is 14.3. The highest BCUT2D eigenvalue weighted by Gasteiger charge is 2.24. The van der Waals surface area contributed by atoms with Crippen LogP contribution in [0.2, 0.25) is 0 Å². The van der Waals surface area contributed by atoms with Crippen LogP contribution in [0.3, 0.4) is 0 Å². The Hall–Kier alpha value is -1.34. The number of allylic oxidation sites excluding steroid dienone is 1. The Morgan fingerprint density at radius 3 is 1.79 bits per heavy atom. The molecular weight excluding hydrogens is 352 g/mol. The Bertz CT molecular complexity index is 585. The molecule has 0 amide bonds. The van der Waals surface area contributed by atoms with E-state index in [1.54, 1.807) is 6.08 Å². The minimum atomic E-state index is 0.626. The van der Waals surface area contributed by atoms with Crippen molar-refractivity contribution in [1.82, 2.24) is 0 Å². The lowest BCUT2D eigenvalue weighted by Gasteiger charge is -2.31. The van der Waals surface area contributed by atoms with E-state index in [0.29, 0.717) is 13.2 Å². The van der Waals surface area contributed by atoms with Crippen molar-refractivity contribution in [1.29, 1.82) is 0 Å². The first-order valence-electron chi connectivity index (χ1n) is 12.2. The second-order valence-electron chi connectivity index (χ2n) is 9.64. The molecule has 1 nitrogen and oxygen atoms in total. The third-order valence-corrected chi connectivity index (χ3v) is 7.54. The molecule has 2 saturated carbocycles. The standard InChI is InChI=1S/C28H42O/c1-3-21-29-22-28-19-17-27(18-20-28)16-15-26-13-11-25(12-14-26)10-9-24-7-5-23(4-2)6-8-24/h3-4,17-20,23-26H,1-2,5-16,21-22H2/t23-,24-,25?,26?. The van der Waals surface area contributed by atoms with E-state index in [2.05, 4.69) is 43.5 Å². The van der Waals surface area contributed by atoms with Gasteiger partial charge < -0.3 is 4.74 Å². The van der Waals surface area contributed by atoms with Crippen molar-refractivity contribution in [2.45, 2.75) is 83.7 Å². The Morgan fingerprint density at radius 1 is 0.724 bits per heavy atom. The van der Waals surface area contributed by atoms with Crippen LogP contribution in [0.1, 0.15) is 81.8 Å². The molecule has 2 aliphatic rings. The molecule has 0 spiro atoms. The molecule has 0 unspecified atom stereocenters. The number of ether oxygens (including phenoxy) is 1. The van der Waals surface area contributed by atoms with Crippen molar-refractivity contribution in [3.63, 3.8) is 0 Å². The maximum atomic E-state index is 5.52. The minimum absolute atomic E-state index is 0.626. The molecule has 1 aromatic carbocycles. The van der Waals surface area contributed by atoms with E-state index in [9.17, 15) is 0 Å². The fraction of sp³-hybridized carbons (Fsp3) is 0.643. The second kappa shape index (κ2) is 12.4. The van der Waals surface area contributed by atoms with Crippen LogP contribution in [0.4, 0.5) is 0 Å². The molecule has 2 fully saturated rings. The summed E-state index contributed by atoms with van der Waals surface area (Å²) in [4.78, 5) is 0. The molecule has 0 aromatic heterocycles. The highest BCUT2D eigenvalue weighted by molar-refractivity contribution is 5.22. The molecule has 0 heterocycles. The van der Waals surface area contributed by atoms with Crippen molar-refractivity contribution < 1.29 is 4.74 Å². The van der Waals surface area contributed by atoms with Crippen LogP contribution in [0.5, 0.6) is 0 Å². The van der Waals surface area contributed by atoms with Gasteiger partial charge in [0.1, 0.15) is 0 Å². The zero-order valence-corrected chi connectivity index (χ0v) is 18.5. The van der Waals surface area contributed by atoms with E-state index in [1.165, 1.54) is 88.2 Å². The molecule has 1 heteroatoms. The highest BCUT2D eigenvalue weighted by Crippen LogP contribution is 2.37. The molecule has 0 aliphatic heterocycles. The summed E-state index contributed by atoms with van der Waals surface area (Å²) in [5.41, 5.74) is 2.74. The minimum Gasteiger partial charge on any atom is -0.373 e. The number of hydrogen-bond donors (Lipinski definition) is 0. The molecule has 160 valence electrons. The number of rotatable bonds is 11. The van der Waals surface area contributed by atoms with E-state index in [-0.39, 0.29) is 0 Å². The molecule has 2 aliphatic carbocycles. The maximum Gasteiger partial charge on any atom is 0.0721 e. The average molecular weight is 395 g/mol. The molecule has 0 N–H and O–H groups in total. The molecule has 0 saturated heterocycles. The lowest BCUT2D eigenvalue weighted by Crippen LogP contribution is -2.18. The van der Waals surface area contributed by atoms with Crippen molar-refractivity contribution >= 4 is 0 Å². The third kappa shape index (κ3) is 7.78. The predicted octanol–water partition coefficient (Wildman–Crippen LogP) is 7.90. The molecular formula is C28H42O. The number of aryl methyl sites for hydroxylation is 1. The van der Waals surface area contributed by atoms with Crippen molar-refractivity contribution in [3.05, 3.63) is 60.7 Å². The van der Waals surface area contributed by atoms with Crippen LogP contribution in [0.15, 0.2) is 49.6 Å². The van der Waals surface area contributed by atoms with Crippen LogP contribution >= 0.6 is 0 Å². The fourth-order valence-corrected chi connectivity index (χ4v) is 5.43. The van der Waals surface area contributed by atoms with Gasteiger partial charge in [0.2, 0.25) is 0 Å². The van der Waals surface area contributed by atoms with Gasteiger partial charge in [-0.2, -0.15) is 0 Å². The summed E-state index contributed by atoms with van der Waals surface area (Å²) in [6, 6.07) is 9.02. The van der Waals surface area contributed by atoms with Crippen LogP contribution in [0.25, 0.3) is 0 Å². The van der Waals surface area contributed by atoms with Crippen LogP contribution in [0, 0.1) is 23.7 Å². The summed E-state index contributed by atoms with van der Waals surface area (Å²) in [5, 5.41) is 0. The zero-order chi connectivity index (χ0) is 20.3. The summed E-state index contributed by atoms with van der Waals surface area (Å²) < 4.78 is 5.52. The van der Waals surface area contributed by atoms with Crippen LogP contribution < -0.4 is 0 Å². The van der Waals surface area contributed by atoms with Gasteiger partial charge in [-0.05, 0) is 73.3 Å². The highest BCUT2D eigenvalue weighted by atomic mass is 16.5. The Morgan fingerprint density at radius 2 is 1.24 bits per heavy atom. The molecule has 29 heavy (non-hydrogen) atoms. The van der Waals surface area contributed by atoms with Gasteiger partial charge in [0.05, 0.1) is 13.2 Å². The van der Waals surface area contributed by atoms with Crippen LogP contribution in [-0.2, 0) is 17.8 Å². The largest absolute Gasteiger partial charge is 0.373 e. The second-order valence-corrected chi connectivity index (χ2v) is 9.64. The number of hydrogen-bond acceptors (Lipinski definition) is 1. The predicted molar refractivity (Wildman–Crippen MR) is 125 cm³/mol. The topological polar surface area (TPSA) is 9.23 Å². The van der Waals surface area contributed by atoms with Gasteiger partial charge in [-0.25, -0.2) is 0 Å². The van der Waals surface area contributed by atoms with Gasteiger partial charge in [0.25, 0.3) is 0 Å². The summed E-state index contributed by atoms with van der Waals surface area (Å²) in [6.07, 6.45) is 21.1. The average Bonchev–Trinajstić information content (AvgIpc) is 2.78. The van der Waals surface area contributed by atoms with Crippen molar-refractivity contribution in [3.8, 4) is 0 Å². The van der Waals surface area contributed by atoms with Gasteiger partial charge in [-0.3, -0.25) is 0 Å². The van der Waals surface area contributed by atoms with Gasteiger partial charge in [0.15, 0.2) is 0 Å². The van der Waals surface area contributed by atoms with E-state index >= 15 is 0 Å². The summed E-state index contributed by atoms with van der Waals surface area (Å²) in [6.45, 7) is 8.98. The Labute approximate surface area is 179 Å². The molecule has 0 atom stereocenters. The normalized spacial score (nSPS) is 27.4. The zero-order valence-electron chi connectivity index (χ0n) is 18.5. The summed E-state index contributed by atoms with van der Waals surface area (Å²) >= 11 is 0. The first kappa shape index (κ1) is 22.3. The Kier molecular flexibility index (Phi) is 9.54. The molecule has 0 bridgehead atoms.